The Balaban J connectivity index is 1.60. The number of piperazine rings is 1. The van der Waals surface area contributed by atoms with E-state index in [4.69, 9.17) is 9.47 Å². The molecule has 2 heterocycles. The van der Waals surface area contributed by atoms with E-state index in [0.717, 1.165) is 18.8 Å². The molecule has 0 saturated carbocycles. The summed E-state index contributed by atoms with van der Waals surface area (Å²) in [6.07, 6.45) is -0.305. The number of carbonyl (C=O) groups excluding carboxylic acids is 1. The second kappa shape index (κ2) is 7.70. The van der Waals surface area contributed by atoms with Gasteiger partial charge < -0.3 is 24.2 Å². The van der Waals surface area contributed by atoms with Crippen molar-refractivity contribution in [2.75, 3.05) is 62.3 Å². The third kappa shape index (κ3) is 4.58. The van der Waals surface area contributed by atoms with Crippen molar-refractivity contribution in [2.45, 2.75) is 26.4 Å². The molecular formula is C19H28FN3O3. The highest BCUT2D eigenvalue weighted by Crippen LogP contribution is 2.26. The second-order valence-corrected chi connectivity index (χ2v) is 7.69. The average molecular weight is 365 g/mol. The predicted molar refractivity (Wildman–Crippen MR) is 99.5 cm³/mol. The van der Waals surface area contributed by atoms with Crippen molar-refractivity contribution >= 4 is 17.5 Å². The summed E-state index contributed by atoms with van der Waals surface area (Å²) in [5, 5.41) is 0. The van der Waals surface area contributed by atoms with E-state index >= 15 is 0 Å². The molecule has 0 unspecified atom stereocenters. The molecule has 2 aliphatic rings. The van der Waals surface area contributed by atoms with Crippen LogP contribution in [0.25, 0.3) is 0 Å². The number of amides is 1. The molecule has 6 nitrogen and oxygen atoms in total. The van der Waals surface area contributed by atoms with Gasteiger partial charge in [0, 0.05) is 45.0 Å². The largest absolute Gasteiger partial charge is 0.444 e. The minimum atomic E-state index is -0.504. The summed E-state index contributed by atoms with van der Waals surface area (Å²) in [5.74, 6) is -0.222. The highest BCUT2D eigenvalue weighted by molar-refractivity contribution is 5.69. The summed E-state index contributed by atoms with van der Waals surface area (Å²) < 4.78 is 25.4. The Hall–Kier alpha value is -2.02. The quantitative estimate of drug-likeness (QED) is 0.806. The molecule has 0 spiro atoms. The lowest BCUT2D eigenvalue weighted by Crippen LogP contribution is -2.50. The van der Waals surface area contributed by atoms with Crippen molar-refractivity contribution in [2.24, 2.45) is 0 Å². The maximum absolute atomic E-state index is 14.7. The van der Waals surface area contributed by atoms with Crippen LogP contribution in [0.1, 0.15) is 20.8 Å². The number of anilines is 2. The molecule has 0 aliphatic carbocycles. The number of nitrogens with zero attached hydrogens (tertiary/aromatic N) is 3. The molecule has 2 aliphatic heterocycles. The first-order valence-electron chi connectivity index (χ1n) is 9.18. The fraction of sp³-hybridized carbons (Fsp3) is 0.632. The third-order valence-electron chi connectivity index (χ3n) is 4.58. The van der Waals surface area contributed by atoms with Crippen molar-refractivity contribution in [3.63, 3.8) is 0 Å². The summed E-state index contributed by atoms with van der Waals surface area (Å²) in [6.45, 7) is 10.7. The number of hydrogen-bond donors (Lipinski definition) is 0. The summed E-state index contributed by atoms with van der Waals surface area (Å²) in [4.78, 5) is 17.9. The zero-order valence-electron chi connectivity index (χ0n) is 15.8. The first kappa shape index (κ1) is 18.8. The molecule has 3 rings (SSSR count). The zero-order chi connectivity index (χ0) is 18.7. The molecule has 0 bridgehead atoms. The lowest BCUT2D eigenvalue weighted by molar-refractivity contribution is 0.0240. The van der Waals surface area contributed by atoms with E-state index in [9.17, 15) is 9.18 Å². The van der Waals surface area contributed by atoms with Gasteiger partial charge in [-0.15, -0.1) is 0 Å². The number of benzene rings is 1. The van der Waals surface area contributed by atoms with Crippen LogP contribution in [-0.4, -0.2) is 69.1 Å². The predicted octanol–water partition coefficient (Wildman–Crippen LogP) is 2.72. The van der Waals surface area contributed by atoms with Crippen molar-refractivity contribution in [3.8, 4) is 0 Å². The summed E-state index contributed by atoms with van der Waals surface area (Å²) in [6, 6.07) is 5.40. The molecule has 0 aromatic heterocycles. The fourth-order valence-electron chi connectivity index (χ4n) is 3.23. The van der Waals surface area contributed by atoms with Crippen LogP contribution in [-0.2, 0) is 9.47 Å². The van der Waals surface area contributed by atoms with Gasteiger partial charge in [-0.05, 0) is 39.0 Å². The smallest absolute Gasteiger partial charge is 0.410 e. The van der Waals surface area contributed by atoms with E-state index in [1.807, 2.05) is 37.8 Å². The van der Waals surface area contributed by atoms with E-state index in [1.165, 1.54) is 0 Å². The van der Waals surface area contributed by atoms with Crippen LogP contribution < -0.4 is 9.80 Å². The minimum Gasteiger partial charge on any atom is -0.444 e. The van der Waals surface area contributed by atoms with Crippen LogP contribution in [0.5, 0.6) is 0 Å². The van der Waals surface area contributed by atoms with Crippen LogP contribution in [0.2, 0.25) is 0 Å². The van der Waals surface area contributed by atoms with Gasteiger partial charge in [-0.2, -0.15) is 0 Å². The van der Waals surface area contributed by atoms with Crippen LogP contribution >= 0.6 is 0 Å². The lowest BCUT2D eigenvalue weighted by Gasteiger charge is -2.37. The Kier molecular flexibility index (Phi) is 5.55. The molecule has 1 aromatic rings. The van der Waals surface area contributed by atoms with Gasteiger partial charge >= 0.3 is 6.09 Å². The van der Waals surface area contributed by atoms with E-state index in [2.05, 4.69) is 4.90 Å². The van der Waals surface area contributed by atoms with Gasteiger partial charge in [-0.3, -0.25) is 0 Å². The number of hydrogen-bond acceptors (Lipinski definition) is 5. The summed E-state index contributed by atoms with van der Waals surface area (Å²) >= 11 is 0. The Morgan fingerprint density at radius 2 is 1.69 bits per heavy atom. The Morgan fingerprint density at radius 1 is 1.04 bits per heavy atom. The molecule has 2 fully saturated rings. The first-order valence-corrected chi connectivity index (χ1v) is 9.18. The topological polar surface area (TPSA) is 45.2 Å². The zero-order valence-corrected chi connectivity index (χ0v) is 15.8. The van der Waals surface area contributed by atoms with Gasteiger partial charge in [0.1, 0.15) is 11.4 Å². The van der Waals surface area contributed by atoms with E-state index in [-0.39, 0.29) is 11.9 Å². The van der Waals surface area contributed by atoms with E-state index in [0.29, 0.717) is 45.1 Å². The molecular weight excluding hydrogens is 337 g/mol. The van der Waals surface area contributed by atoms with Gasteiger partial charge in [-0.1, -0.05) is 0 Å². The number of morpholine rings is 1. The van der Waals surface area contributed by atoms with Crippen molar-refractivity contribution in [3.05, 3.63) is 24.0 Å². The Labute approximate surface area is 154 Å². The number of rotatable bonds is 2. The Bertz CT molecular complexity index is 633. The van der Waals surface area contributed by atoms with Gasteiger partial charge in [0.25, 0.3) is 0 Å². The van der Waals surface area contributed by atoms with Crippen molar-refractivity contribution < 1.29 is 18.7 Å². The maximum Gasteiger partial charge on any atom is 0.410 e. The van der Waals surface area contributed by atoms with E-state index < -0.39 is 5.60 Å². The fourth-order valence-corrected chi connectivity index (χ4v) is 3.23. The molecule has 7 heteroatoms. The SMILES string of the molecule is CC(C)(C)OC(=O)N1CCN(c2ccc(N3CCOCC3)cc2F)CC1. The molecule has 1 aromatic carbocycles. The standard InChI is InChI=1S/C19H28FN3O3/c1-19(2,3)26-18(24)23-8-6-22(7-9-23)17-5-4-15(14-16(17)20)21-10-12-25-13-11-21/h4-5,14H,6-13H2,1-3H3. The number of halogens is 1. The van der Waals surface area contributed by atoms with Gasteiger partial charge in [0.05, 0.1) is 18.9 Å². The summed E-state index contributed by atoms with van der Waals surface area (Å²) in [5.41, 5.74) is 0.975. The minimum absolute atomic E-state index is 0.222. The van der Waals surface area contributed by atoms with Crippen LogP contribution in [0.15, 0.2) is 18.2 Å². The van der Waals surface area contributed by atoms with Crippen molar-refractivity contribution in [1.82, 2.24) is 4.90 Å². The second-order valence-electron chi connectivity index (χ2n) is 7.69. The van der Waals surface area contributed by atoms with Gasteiger partial charge in [0.15, 0.2) is 0 Å². The molecule has 0 atom stereocenters. The van der Waals surface area contributed by atoms with E-state index in [1.54, 1.807) is 11.0 Å². The molecule has 2 saturated heterocycles. The van der Waals surface area contributed by atoms with Crippen LogP contribution in [0, 0.1) is 5.82 Å². The van der Waals surface area contributed by atoms with Gasteiger partial charge in [-0.25, -0.2) is 9.18 Å². The molecule has 0 N–H and O–H groups in total. The lowest BCUT2D eigenvalue weighted by atomic mass is 10.2. The van der Waals surface area contributed by atoms with Gasteiger partial charge in [0.2, 0.25) is 0 Å². The van der Waals surface area contributed by atoms with Crippen LogP contribution in [0.3, 0.4) is 0 Å². The Morgan fingerprint density at radius 3 is 2.27 bits per heavy atom. The molecule has 26 heavy (non-hydrogen) atoms. The normalized spacial score (nSPS) is 18.8. The average Bonchev–Trinajstić information content (AvgIpc) is 2.61. The third-order valence-corrected chi connectivity index (χ3v) is 4.58. The monoisotopic (exact) mass is 365 g/mol. The molecule has 1 amide bonds. The first-order chi connectivity index (χ1) is 12.3. The maximum atomic E-state index is 14.7. The van der Waals surface area contributed by atoms with Crippen LogP contribution in [0.4, 0.5) is 20.6 Å². The van der Waals surface area contributed by atoms with Crippen molar-refractivity contribution in [1.29, 1.82) is 0 Å². The highest BCUT2D eigenvalue weighted by Gasteiger charge is 2.27. The number of ether oxygens (including phenoxy) is 2. The molecule has 144 valence electrons. The highest BCUT2D eigenvalue weighted by atomic mass is 19.1. The molecule has 0 radical (unpaired) electrons. The summed E-state index contributed by atoms with van der Waals surface area (Å²) in [7, 11) is 0. The number of carbonyl (C=O) groups is 1.